The smallest absolute Gasteiger partial charge is 0.220 e. The SMILES string of the molecule is Nc1nccc(Cc2ccccc2Oc2ccc(N=C=S)cc2)n1. The highest BCUT2D eigenvalue weighted by Gasteiger charge is 2.07. The Balaban J connectivity index is 1.82. The lowest BCUT2D eigenvalue weighted by Crippen LogP contribution is -2.00. The van der Waals surface area contributed by atoms with Gasteiger partial charge in [0, 0.05) is 18.2 Å². The summed E-state index contributed by atoms with van der Waals surface area (Å²) in [6, 6.07) is 17.0. The van der Waals surface area contributed by atoms with Crippen molar-refractivity contribution in [3.8, 4) is 11.5 Å². The fraction of sp³-hybridized carbons (Fsp3) is 0.0556. The molecule has 0 spiro atoms. The Labute approximate surface area is 144 Å². The van der Waals surface area contributed by atoms with Crippen molar-refractivity contribution in [2.45, 2.75) is 6.42 Å². The number of isothiocyanates is 1. The number of anilines is 1. The van der Waals surface area contributed by atoms with Crippen LogP contribution in [0, 0.1) is 0 Å². The van der Waals surface area contributed by atoms with Gasteiger partial charge in [-0.05, 0) is 48.6 Å². The van der Waals surface area contributed by atoms with E-state index in [-0.39, 0.29) is 5.95 Å². The number of rotatable bonds is 5. The Morgan fingerprint density at radius 1 is 1.08 bits per heavy atom. The molecular weight excluding hydrogens is 320 g/mol. The van der Waals surface area contributed by atoms with Crippen LogP contribution < -0.4 is 10.5 Å². The molecule has 0 bridgehead atoms. The highest BCUT2D eigenvalue weighted by Crippen LogP contribution is 2.28. The van der Waals surface area contributed by atoms with Crippen molar-refractivity contribution in [1.82, 2.24) is 9.97 Å². The zero-order valence-electron chi connectivity index (χ0n) is 12.7. The lowest BCUT2D eigenvalue weighted by Gasteiger charge is -2.11. The second-order valence-corrected chi connectivity index (χ2v) is 5.17. The van der Waals surface area contributed by atoms with Crippen LogP contribution in [0.5, 0.6) is 11.5 Å². The fourth-order valence-electron chi connectivity index (χ4n) is 2.22. The van der Waals surface area contributed by atoms with Crippen molar-refractivity contribution >= 4 is 29.0 Å². The fourth-order valence-corrected chi connectivity index (χ4v) is 2.33. The van der Waals surface area contributed by atoms with Crippen LogP contribution in [0.25, 0.3) is 0 Å². The number of aromatic nitrogens is 2. The molecule has 0 atom stereocenters. The summed E-state index contributed by atoms with van der Waals surface area (Å²) in [5, 5.41) is 2.34. The van der Waals surface area contributed by atoms with Crippen LogP contribution in [-0.4, -0.2) is 15.1 Å². The van der Waals surface area contributed by atoms with E-state index in [1.165, 1.54) is 0 Å². The molecule has 0 saturated carbocycles. The number of benzene rings is 2. The minimum absolute atomic E-state index is 0.264. The largest absolute Gasteiger partial charge is 0.457 e. The van der Waals surface area contributed by atoms with Gasteiger partial charge in [-0.15, -0.1) is 0 Å². The van der Waals surface area contributed by atoms with E-state index < -0.39 is 0 Å². The first-order valence-electron chi connectivity index (χ1n) is 7.26. The minimum atomic E-state index is 0.264. The number of hydrogen-bond donors (Lipinski definition) is 1. The number of para-hydroxylation sites is 1. The molecular formula is C18H14N4OS. The van der Waals surface area contributed by atoms with E-state index in [2.05, 4.69) is 32.3 Å². The summed E-state index contributed by atoms with van der Waals surface area (Å²) in [7, 11) is 0. The molecule has 1 aromatic heterocycles. The summed E-state index contributed by atoms with van der Waals surface area (Å²) < 4.78 is 5.98. The first-order valence-corrected chi connectivity index (χ1v) is 7.66. The molecule has 5 nitrogen and oxygen atoms in total. The Morgan fingerprint density at radius 2 is 1.88 bits per heavy atom. The topological polar surface area (TPSA) is 73.4 Å². The molecule has 0 saturated heterocycles. The van der Waals surface area contributed by atoms with Crippen LogP contribution in [-0.2, 0) is 6.42 Å². The van der Waals surface area contributed by atoms with Crippen molar-refractivity contribution in [1.29, 1.82) is 0 Å². The third-order valence-electron chi connectivity index (χ3n) is 3.32. The van der Waals surface area contributed by atoms with E-state index in [0.29, 0.717) is 12.2 Å². The van der Waals surface area contributed by atoms with E-state index in [4.69, 9.17) is 10.5 Å². The van der Waals surface area contributed by atoms with Crippen molar-refractivity contribution in [3.05, 3.63) is 72.1 Å². The van der Waals surface area contributed by atoms with Gasteiger partial charge in [-0.25, -0.2) is 9.97 Å². The first-order chi connectivity index (χ1) is 11.7. The lowest BCUT2D eigenvalue weighted by molar-refractivity contribution is 0.477. The zero-order valence-corrected chi connectivity index (χ0v) is 13.5. The quantitative estimate of drug-likeness (QED) is 0.560. The Morgan fingerprint density at radius 3 is 2.62 bits per heavy atom. The number of hydrogen-bond acceptors (Lipinski definition) is 6. The number of nitrogens with two attached hydrogens (primary N) is 1. The van der Waals surface area contributed by atoms with Crippen molar-refractivity contribution in [3.63, 3.8) is 0 Å². The average Bonchev–Trinajstić information content (AvgIpc) is 2.59. The predicted octanol–water partition coefficient (Wildman–Crippen LogP) is 4.18. The van der Waals surface area contributed by atoms with Gasteiger partial charge in [0.25, 0.3) is 0 Å². The van der Waals surface area contributed by atoms with Crippen molar-refractivity contribution in [2.24, 2.45) is 4.99 Å². The molecule has 24 heavy (non-hydrogen) atoms. The summed E-state index contributed by atoms with van der Waals surface area (Å²) >= 11 is 4.59. The first kappa shape index (κ1) is 15.8. The molecule has 0 radical (unpaired) electrons. The molecule has 0 unspecified atom stereocenters. The van der Waals surface area contributed by atoms with Gasteiger partial charge in [-0.2, -0.15) is 4.99 Å². The van der Waals surface area contributed by atoms with Crippen molar-refractivity contribution < 1.29 is 4.74 Å². The maximum Gasteiger partial charge on any atom is 0.220 e. The van der Waals surface area contributed by atoms with Crippen LogP contribution in [0.2, 0.25) is 0 Å². The maximum absolute atomic E-state index is 5.98. The summed E-state index contributed by atoms with van der Waals surface area (Å²) in [4.78, 5) is 12.1. The van der Waals surface area contributed by atoms with E-state index in [9.17, 15) is 0 Å². The predicted molar refractivity (Wildman–Crippen MR) is 96.9 cm³/mol. The van der Waals surface area contributed by atoms with Gasteiger partial charge in [0.1, 0.15) is 11.5 Å². The minimum Gasteiger partial charge on any atom is -0.457 e. The molecule has 0 fully saturated rings. The number of thiocarbonyl (C=S) groups is 1. The van der Waals surface area contributed by atoms with Crippen LogP contribution in [0.1, 0.15) is 11.3 Å². The van der Waals surface area contributed by atoms with Crippen LogP contribution in [0.15, 0.2) is 65.8 Å². The molecule has 3 rings (SSSR count). The molecule has 1 heterocycles. The molecule has 0 aliphatic rings. The van der Waals surface area contributed by atoms with E-state index in [1.807, 2.05) is 54.6 Å². The molecule has 2 aromatic carbocycles. The van der Waals surface area contributed by atoms with Gasteiger partial charge >= 0.3 is 0 Å². The second kappa shape index (κ2) is 7.46. The number of nitrogens with zero attached hydrogens (tertiary/aromatic N) is 3. The van der Waals surface area contributed by atoms with Gasteiger partial charge in [0.2, 0.25) is 5.95 Å². The molecule has 0 aliphatic carbocycles. The molecule has 0 aliphatic heterocycles. The van der Waals surface area contributed by atoms with Gasteiger partial charge in [0.05, 0.1) is 16.5 Å². The Bertz CT molecular complexity index is 890. The summed E-state index contributed by atoms with van der Waals surface area (Å²) in [6.45, 7) is 0. The average molecular weight is 334 g/mol. The van der Waals surface area contributed by atoms with Gasteiger partial charge in [-0.3, -0.25) is 0 Å². The van der Waals surface area contributed by atoms with E-state index in [0.717, 1.165) is 22.7 Å². The third-order valence-corrected chi connectivity index (χ3v) is 3.41. The monoisotopic (exact) mass is 334 g/mol. The van der Waals surface area contributed by atoms with Crippen molar-refractivity contribution in [2.75, 3.05) is 5.73 Å². The van der Waals surface area contributed by atoms with E-state index in [1.54, 1.807) is 6.20 Å². The standard InChI is InChI=1S/C18H14N4OS/c19-18-20-10-9-15(22-18)11-13-3-1-2-4-17(13)23-16-7-5-14(6-8-16)21-12-24/h1-10H,11H2,(H2,19,20,22). The highest BCUT2D eigenvalue weighted by molar-refractivity contribution is 7.78. The van der Waals surface area contributed by atoms with Crippen LogP contribution in [0.3, 0.4) is 0 Å². The lowest BCUT2D eigenvalue weighted by atomic mass is 10.1. The van der Waals surface area contributed by atoms with Crippen LogP contribution in [0.4, 0.5) is 11.6 Å². The van der Waals surface area contributed by atoms with E-state index >= 15 is 0 Å². The molecule has 2 N–H and O–H groups in total. The Kier molecular flexibility index (Phi) is 4.91. The van der Waals surface area contributed by atoms with Crippen LogP contribution >= 0.6 is 12.2 Å². The summed E-state index contributed by atoms with van der Waals surface area (Å²) in [5.41, 5.74) is 8.22. The number of nitrogen functional groups attached to an aromatic ring is 1. The second-order valence-electron chi connectivity index (χ2n) is 4.99. The maximum atomic E-state index is 5.98. The Hall–Kier alpha value is -3.08. The molecule has 0 amide bonds. The summed E-state index contributed by atoms with van der Waals surface area (Å²) in [5.74, 6) is 1.74. The molecule has 6 heteroatoms. The number of ether oxygens (including phenoxy) is 1. The van der Waals surface area contributed by atoms with Gasteiger partial charge in [-0.1, -0.05) is 18.2 Å². The molecule has 118 valence electrons. The summed E-state index contributed by atoms with van der Waals surface area (Å²) in [6.07, 6.45) is 2.26. The molecule has 3 aromatic rings. The van der Waals surface area contributed by atoms with Gasteiger partial charge in [0.15, 0.2) is 0 Å². The zero-order chi connectivity index (χ0) is 16.8. The third kappa shape index (κ3) is 4.01. The highest BCUT2D eigenvalue weighted by atomic mass is 32.1. The number of aliphatic imine (C=N–C) groups is 1. The van der Waals surface area contributed by atoms with Gasteiger partial charge < -0.3 is 10.5 Å². The normalized spacial score (nSPS) is 10.0.